The summed E-state index contributed by atoms with van der Waals surface area (Å²) in [6.45, 7) is 3.62. The minimum Gasteiger partial charge on any atom is -0.325 e. The van der Waals surface area contributed by atoms with Gasteiger partial charge in [0.2, 0.25) is 11.9 Å². The van der Waals surface area contributed by atoms with Crippen molar-refractivity contribution >= 4 is 39.3 Å². The number of carbonyl (C=O) groups excluding carboxylic acids is 1. The van der Waals surface area contributed by atoms with Crippen LogP contribution in [0.25, 0.3) is 5.69 Å². The van der Waals surface area contributed by atoms with Gasteiger partial charge < -0.3 is 5.32 Å². The van der Waals surface area contributed by atoms with E-state index in [0.29, 0.717) is 16.7 Å². The molecule has 0 aliphatic heterocycles. The summed E-state index contributed by atoms with van der Waals surface area (Å²) in [4.78, 5) is 20.5. The normalized spacial score (nSPS) is 12.2. The molecule has 12 heteroatoms. The van der Waals surface area contributed by atoms with Gasteiger partial charge in [-0.15, -0.1) is 10.2 Å². The number of nitrogens with zero attached hydrogens (tertiary/aromatic N) is 5. The number of nitrogens with one attached hydrogen (secondary N) is 2. The molecule has 0 aliphatic rings. The van der Waals surface area contributed by atoms with Crippen LogP contribution in [0.5, 0.6) is 0 Å². The lowest BCUT2D eigenvalue weighted by Gasteiger charge is -2.13. The number of carbonyl (C=O) groups is 1. The fourth-order valence-electron chi connectivity index (χ4n) is 3.00. The van der Waals surface area contributed by atoms with Gasteiger partial charge in [-0.3, -0.25) is 9.36 Å². The molecule has 2 heterocycles. The molecular weight excluding hydrogens is 474 g/mol. The Morgan fingerprint density at radius 1 is 0.971 bits per heavy atom. The minimum absolute atomic E-state index is 0.0202. The number of sulfonamides is 1. The summed E-state index contributed by atoms with van der Waals surface area (Å²) < 4.78 is 29.2. The first kappa shape index (κ1) is 23.4. The van der Waals surface area contributed by atoms with E-state index >= 15 is 0 Å². The van der Waals surface area contributed by atoms with Gasteiger partial charge in [0.1, 0.15) is 5.82 Å². The molecule has 1 amide bonds. The van der Waals surface area contributed by atoms with E-state index in [0.717, 1.165) is 5.69 Å². The number of thioether (sulfide) groups is 1. The average molecular weight is 496 g/mol. The van der Waals surface area contributed by atoms with Crippen LogP contribution >= 0.6 is 11.8 Å². The van der Waals surface area contributed by atoms with E-state index in [1.54, 1.807) is 13.0 Å². The summed E-state index contributed by atoms with van der Waals surface area (Å²) in [6.07, 6.45) is 2.87. The number of rotatable bonds is 8. The molecule has 10 nitrogen and oxygen atoms in total. The third-order valence-corrected chi connectivity index (χ3v) is 7.07. The summed E-state index contributed by atoms with van der Waals surface area (Å²) in [6, 6.07) is 17.1. The number of amides is 1. The van der Waals surface area contributed by atoms with Gasteiger partial charge in [-0.2, -0.15) is 0 Å². The Labute approximate surface area is 200 Å². The van der Waals surface area contributed by atoms with Crippen molar-refractivity contribution in [2.24, 2.45) is 0 Å². The number of anilines is 2. The first-order valence-electron chi connectivity index (χ1n) is 10.2. The van der Waals surface area contributed by atoms with Crippen molar-refractivity contribution in [3.8, 4) is 5.69 Å². The average Bonchev–Trinajstić information content (AvgIpc) is 3.20. The van der Waals surface area contributed by atoms with Crippen LogP contribution in [0, 0.1) is 6.92 Å². The molecule has 4 aromatic rings. The van der Waals surface area contributed by atoms with E-state index in [4.69, 9.17) is 0 Å². The number of hydrogen-bond acceptors (Lipinski definition) is 8. The highest BCUT2D eigenvalue weighted by atomic mass is 32.2. The Hall–Kier alpha value is -3.77. The topological polar surface area (TPSA) is 132 Å². The van der Waals surface area contributed by atoms with Crippen molar-refractivity contribution < 1.29 is 13.2 Å². The third kappa shape index (κ3) is 5.41. The third-order valence-electron chi connectivity index (χ3n) is 4.68. The SMILES string of the molecule is Cc1nnc(SC(C)C(=O)Nc2ccc(S(=O)(=O)Nc3ncccn3)cc2)n1-c1ccccc1. The second-order valence-electron chi connectivity index (χ2n) is 7.15. The fraction of sp³-hybridized carbons (Fsp3) is 0.136. The largest absolute Gasteiger partial charge is 0.325 e. The Morgan fingerprint density at radius 3 is 2.32 bits per heavy atom. The van der Waals surface area contributed by atoms with Gasteiger partial charge in [0.25, 0.3) is 10.0 Å². The minimum atomic E-state index is -3.85. The summed E-state index contributed by atoms with van der Waals surface area (Å²) in [7, 11) is -3.85. The molecule has 1 unspecified atom stereocenters. The smallest absolute Gasteiger partial charge is 0.264 e. The second-order valence-corrected chi connectivity index (χ2v) is 10.1. The Bertz CT molecular complexity index is 1380. The molecule has 1 atom stereocenters. The predicted molar refractivity (Wildman–Crippen MR) is 129 cm³/mol. The van der Waals surface area contributed by atoms with Crippen molar-refractivity contribution in [1.82, 2.24) is 24.7 Å². The highest BCUT2D eigenvalue weighted by Gasteiger charge is 2.21. The van der Waals surface area contributed by atoms with Gasteiger partial charge in [-0.05, 0) is 56.3 Å². The van der Waals surface area contributed by atoms with Gasteiger partial charge in [-0.1, -0.05) is 30.0 Å². The van der Waals surface area contributed by atoms with E-state index in [9.17, 15) is 13.2 Å². The number of hydrogen-bond donors (Lipinski definition) is 2. The van der Waals surface area contributed by atoms with Crippen LogP contribution in [0.1, 0.15) is 12.7 Å². The molecule has 34 heavy (non-hydrogen) atoms. The maximum Gasteiger partial charge on any atom is 0.264 e. The first-order chi connectivity index (χ1) is 16.3. The Kier molecular flexibility index (Phi) is 6.89. The van der Waals surface area contributed by atoms with E-state index in [-0.39, 0.29) is 16.8 Å². The van der Waals surface area contributed by atoms with E-state index in [1.165, 1.54) is 48.4 Å². The van der Waals surface area contributed by atoms with E-state index in [2.05, 4.69) is 30.2 Å². The molecule has 0 aliphatic carbocycles. The maximum absolute atomic E-state index is 12.8. The van der Waals surface area contributed by atoms with Crippen molar-refractivity contribution in [2.75, 3.05) is 10.0 Å². The van der Waals surface area contributed by atoms with Crippen molar-refractivity contribution in [2.45, 2.75) is 29.1 Å². The highest BCUT2D eigenvalue weighted by Crippen LogP contribution is 2.26. The van der Waals surface area contributed by atoms with Gasteiger partial charge >= 0.3 is 0 Å². The first-order valence-corrected chi connectivity index (χ1v) is 12.5. The summed E-state index contributed by atoms with van der Waals surface area (Å²) in [5, 5.41) is 11.3. The van der Waals surface area contributed by atoms with Gasteiger partial charge in [0.05, 0.1) is 10.1 Å². The molecule has 2 N–H and O–H groups in total. The number of aryl methyl sites for hydroxylation is 1. The van der Waals surface area contributed by atoms with Crippen LogP contribution in [0.3, 0.4) is 0 Å². The van der Waals surface area contributed by atoms with Crippen LogP contribution in [-0.2, 0) is 14.8 Å². The molecule has 2 aromatic carbocycles. The van der Waals surface area contributed by atoms with Crippen LogP contribution in [0.2, 0.25) is 0 Å². The van der Waals surface area contributed by atoms with Crippen molar-refractivity contribution in [3.05, 3.63) is 78.9 Å². The molecule has 174 valence electrons. The molecule has 0 fully saturated rings. The quantitative estimate of drug-likeness (QED) is 0.356. The van der Waals surface area contributed by atoms with Gasteiger partial charge in [0.15, 0.2) is 5.16 Å². The standard InChI is InChI=1S/C22H21N7O3S2/c1-15(33-22-27-26-16(2)29(22)18-7-4-3-5-8-18)20(30)25-17-9-11-19(12-10-17)34(31,32)28-21-23-13-6-14-24-21/h3-15H,1-2H3,(H,25,30)(H,23,24,28). The number of aromatic nitrogens is 5. The predicted octanol–water partition coefficient (Wildman–Crippen LogP) is 3.29. The molecule has 0 saturated heterocycles. The lowest BCUT2D eigenvalue weighted by Crippen LogP contribution is -2.23. The lowest BCUT2D eigenvalue weighted by molar-refractivity contribution is -0.115. The van der Waals surface area contributed by atoms with Gasteiger partial charge in [0, 0.05) is 23.8 Å². The summed E-state index contributed by atoms with van der Waals surface area (Å²) in [5.74, 6) is 0.439. The molecule has 0 radical (unpaired) electrons. The zero-order chi connectivity index (χ0) is 24.1. The number of para-hydroxylation sites is 1. The Balaban J connectivity index is 1.42. The second kappa shape index (κ2) is 10.0. The van der Waals surface area contributed by atoms with E-state index < -0.39 is 15.3 Å². The highest BCUT2D eigenvalue weighted by molar-refractivity contribution is 8.00. The lowest BCUT2D eigenvalue weighted by atomic mass is 10.3. The van der Waals surface area contributed by atoms with Crippen LogP contribution in [0.15, 0.2) is 83.1 Å². The monoisotopic (exact) mass is 495 g/mol. The Morgan fingerprint density at radius 2 is 1.65 bits per heavy atom. The van der Waals surface area contributed by atoms with Crippen molar-refractivity contribution in [3.63, 3.8) is 0 Å². The van der Waals surface area contributed by atoms with Crippen LogP contribution in [-0.4, -0.2) is 44.3 Å². The maximum atomic E-state index is 12.8. The number of benzene rings is 2. The molecule has 2 aromatic heterocycles. The van der Waals surface area contributed by atoms with Crippen molar-refractivity contribution in [1.29, 1.82) is 0 Å². The summed E-state index contributed by atoms with van der Waals surface area (Å²) >= 11 is 1.28. The molecule has 0 saturated carbocycles. The molecule has 4 rings (SSSR count). The van der Waals surface area contributed by atoms with Gasteiger partial charge in [-0.25, -0.2) is 23.1 Å². The van der Waals surface area contributed by atoms with Crippen LogP contribution in [0.4, 0.5) is 11.6 Å². The zero-order valence-electron chi connectivity index (χ0n) is 18.3. The molecule has 0 spiro atoms. The van der Waals surface area contributed by atoms with E-state index in [1.807, 2.05) is 41.8 Å². The molecule has 0 bridgehead atoms. The molecular formula is C22H21N7O3S2. The fourth-order valence-corrected chi connectivity index (χ4v) is 4.87. The zero-order valence-corrected chi connectivity index (χ0v) is 19.9. The summed E-state index contributed by atoms with van der Waals surface area (Å²) in [5.41, 5.74) is 1.37. The van der Waals surface area contributed by atoms with Crippen LogP contribution < -0.4 is 10.0 Å².